The van der Waals surface area contributed by atoms with E-state index >= 15 is 0 Å². The van der Waals surface area contributed by atoms with E-state index in [4.69, 9.17) is 0 Å². The summed E-state index contributed by atoms with van der Waals surface area (Å²) in [6.45, 7) is 2.01. The zero-order valence-corrected chi connectivity index (χ0v) is 14.6. The average molecular weight is 378 g/mol. The van der Waals surface area contributed by atoms with E-state index < -0.39 is 11.9 Å². The molecule has 0 spiro atoms. The predicted octanol–water partition coefficient (Wildman–Crippen LogP) is 3.81. The molecule has 4 aromatic rings. The van der Waals surface area contributed by atoms with Gasteiger partial charge in [-0.1, -0.05) is 6.92 Å². The van der Waals surface area contributed by atoms with Gasteiger partial charge in [0.2, 0.25) is 0 Å². The number of alkyl halides is 3. The lowest BCUT2D eigenvalue weighted by Gasteiger charge is -2.04. The highest BCUT2D eigenvalue weighted by molar-refractivity contribution is 7.99. The summed E-state index contributed by atoms with van der Waals surface area (Å²) in [6, 6.07) is 2.72. The van der Waals surface area contributed by atoms with Gasteiger partial charge in [0.25, 0.3) is 0 Å². The molecule has 6 nitrogen and oxygen atoms in total. The van der Waals surface area contributed by atoms with Crippen molar-refractivity contribution in [2.75, 3.05) is 5.75 Å². The van der Waals surface area contributed by atoms with Crippen molar-refractivity contribution in [1.29, 1.82) is 0 Å². The van der Waals surface area contributed by atoms with E-state index in [1.807, 2.05) is 6.92 Å². The van der Waals surface area contributed by atoms with E-state index in [-0.39, 0.29) is 5.52 Å². The lowest BCUT2D eigenvalue weighted by atomic mass is 10.3. The van der Waals surface area contributed by atoms with Crippen LogP contribution in [0.15, 0.2) is 35.6 Å². The standard InChI is InChI=1S/C16H13F3N6S/c1-3-26-13-12(23-25-6-4-5-20-15(13)25)14-22-9-7-11(16(17,18)19)21-8-10(9)24(14)2/h4-8H,3H2,1-2H3. The third-order valence-corrected chi connectivity index (χ3v) is 4.86. The first-order chi connectivity index (χ1) is 12.4. The van der Waals surface area contributed by atoms with Crippen molar-refractivity contribution >= 4 is 28.4 Å². The molecule has 26 heavy (non-hydrogen) atoms. The number of hydrogen-bond acceptors (Lipinski definition) is 5. The van der Waals surface area contributed by atoms with Gasteiger partial charge in [-0.3, -0.25) is 0 Å². The topological polar surface area (TPSA) is 60.9 Å². The van der Waals surface area contributed by atoms with Gasteiger partial charge in [0, 0.05) is 19.4 Å². The first-order valence-corrected chi connectivity index (χ1v) is 8.75. The molecule has 0 N–H and O–H groups in total. The number of thioether (sulfide) groups is 1. The molecule has 0 saturated heterocycles. The van der Waals surface area contributed by atoms with E-state index in [9.17, 15) is 13.2 Å². The van der Waals surface area contributed by atoms with Crippen LogP contribution in [-0.4, -0.2) is 34.9 Å². The maximum absolute atomic E-state index is 12.9. The molecule has 0 bridgehead atoms. The van der Waals surface area contributed by atoms with Crippen molar-refractivity contribution in [2.45, 2.75) is 18.0 Å². The van der Waals surface area contributed by atoms with Gasteiger partial charge in [-0.25, -0.2) is 19.5 Å². The molecule has 0 aliphatic carbocycles. The molecule has 10 heteroatoms. The molecular formula is C16H13F3N6S. The summed E-state index contributed by atoms with van der Waals surface area (Å²) in [4.78, 5) is 13.1. The van der Waals surface area contributed by atoms with Crippen LogP contribution in [0.1, 0.15) is 12.6 Å². The first-order valence-electron chi connectivity index (χ1n) is 7.76. The Morgan fingerprint density at radius 2 is 2.04 bits per heavy atom. The van der Waals surface area contributed by atoms with Crippen molar-refractivity contribution in [2.24, 2.45) is 7.05 Å². The number of halogens is 3. The Kier molecular flexibility index (Phi) is 3.87. The van der Waals surface area contributed by atoms with Crippen molar-refractivity contribution in [3.05, 3.63) is 36.4 Å². The molecule has 0 aliphatic heterocycles. The molecule has 0 radical (unpaired) electrons. The van der Waals surface area contributed by atoms with Crippen LogP contribution in [0.25, 0.3) is 28.2 Å². The van der Waals surface area contributed by atoms with Gasteiger partial charge < -0.3 is 4.57 Å². The zero-order valence-electron chi connectivity index (χ0n) is 13.8. The Balaban J connectivity index is 1.96. The summed E-state index contributed by atoms with van der Waals surface area (Å²) < 4.78 is 42.1. The lowest BCUT2D eigenvalue weighted by Crippen LogP contribution is -2.07. The third-order valence-electron chi connectivity index (χ3n) is 3.91. The Labute approximate surface area is 150 Å². The number of aromatic nitrogens is 6. The molecule has 0 saturated carbocycles. The molecule has 0 unspecified atom stereocenters. The van der Waals surface area contributed by atoms with Gasteiger partial charge in [-0.05, 0) is 17.9 Å². The molecule has 0 amide bonds. The number of nitrogens with zero attached hydrogens (tertiary/aromatic N) is 6. The van der Waals surface area contributed by atoms with E-state index in [1.165, 1.54) is 6.20 Å². The van der Waals surface area contributed by atoms with Crippen molar-refractivity contribution in [3.63, 3.8) is 0 Å². The van der Waals surface area contributed by atoms with Crippen LogP contribution in [0.4, 0.5) is 13.2 Å². The second kappa shape index (κ2) is 5.97. The number of pyridine rings is 1. The fourth-order valence-electron chi connectivity index (χ4n) is 2.74. The number of rotatable bonds is 3. The minimum atomic E-state index is -4.51. The predicted molar refractivity (Wildman–Crippen MR) is 91.9 cm³/mol. The molecule has 0 aliphatic rings. The molecule has 4 aromatic heterocycles. The minimum absolute atomic E-state index is 0.224. The second-order valence-electron chi connectivity index (χ2n) is 5.55. The molecule has 0 fully saturated rings. The average Bonchev–Trinajstić information content (AvgIpc) is 3.13. The number of hydrogen-bond donors (Lipinski definition) is 0. The highest BCUT2D eigenvalue weighted by Crippen LogP contribution is 2.35. The molecule has 0 aromatic carbocycles. The monoisotopic (exact) mass is 378 g/mol. The number of aryl methyl sites for hydroxylation is 1. The summed E-state index contributed by atoms with van der Waals surface area (Å²) in [5.41, 5.74) is 1.04. The maximum Gasteiger partial charge on any atom is 0.433 e. The smallest absolute Gasteiger partial charge is 0.324 e. The van der Waals surface area contributed by atoms with E-state index in [0.717, 1.165) is 16.7 Å². The van der Waals surface area contributed by atoms with E-state index in [2.05, 4.69) is 20.1 Å². The molecule has 4 rings (SSSR count). The van der Waals surface area contributed by atoms with E-state index in [1.54, 1.807) is 46.4 Å². The fourth-order valence-corrected chi connectivity index (χ4v) is 3.58. The van der Waals surface area contributed by atoms with E-state index in [0.29, 0.717) is 22.7 Å². The third kappa shape index (κ3) is 2.61. The minimum Gasteiger partial charge on any atom is -0.324 e. The number of fused-ring (bicyclic) bond motifs is 2. The number of imidazole rings is 1. The molecule has 0 atom stereocenters. The van der Waals surface area contributed by atoms with Gasteiger partial charge in [0.15, 0.2) is 11.5 Å². The normalized spacial score (nSPS) is 12.3. The van der Waals surface area contributed by atoms with Gasteiger partial charge in [0.1, 0.15) is 11.4 Å². The van der Waals surface area contributed by atoms with Crippen LogP contribution in [0.3, 0.4) is 0 Å². The Morgan fingerprint density at radius 3 is 2.77 bits per heavy atom. The maximum atomic E-state index is 12.9. The zero-order chi connectivity index (χ0) is 18.5. The van der Waals surface area contributed by atoms with Crippen LogP contribution in [0.5, 0.6) is 0 Å². The fraction of sp³-hybridized carbons (Fsp3) is 0.250. The van der Waals surface area contributed by atoms with Crippen molar-refractivity contribution < 1.29 is 13.2 Å². The lowest BCUT2D eigenvalue weighted by molar-refractivity contribution is -0.141. The Bertz CT molecular complexity index is 1110. The van der Waals surface area contributed by atoms with Crippen LogP contribution in [0, 0.1) is 0 Å². The molecular weight excluding hydrogens is 365 g/mol. The first kappa shape index (κ1) is 16.8. The molecule has 4 heterocycles. The van der Waals surface area contributed by atoms with Gasteiger partial charge in [0.05, 0.1) is 22.1 Å². The SMILES string of the molecule is CCSc1c(-c2nc3cc(C(F)(F)F)ncc3n2C)nn2cccnc12. The van der Waals surface area contributed by atoms with Crippen LogP contribution >= 0.6 is 11.8 Å². The van der Waals surface area contributed by atoms with Gasteiger partial charge >= 0.3 is 6.18 Å². The largest absolute Gasteiger partial charge is 0.433 e. The quantitative estimate of drug-likeness (QED) is 0.508. The van der Waals surface area contributed by atoms with Crippen LogP contribution in [0.2, 0.25) is 0 Å². The Morgan fingerprint density at radius 1 is 1.23 bits per heavy atom. The van der Waals surface area contributed by atoms with Gasteiger partial charge in [-0.2, -0.15) is 18.3 Å². The highest BCUT2D eigenvalue weighted by Gasteiger charge is 2.33. The van der Waals surface area contributed by atoms with Crippen LogP contribution in [-0.2, 0) is 13.2 Å². The van der Waals surface area contributed by atoms with Crippen molar-refractivity contribution in [1.82, 2.24) is 29.1 Å². The second-order valence-corrected chi connectivity index (χ2v) is 6.82. The summed E-state index contributed by atoms with van der Waals surface area (Å²) in [7, 11) is 1.73. The summed E-state index contributed by atoms with van der Waals surface area (Å²) in [5, 5.41) is 4.54. The van der Waals surface area contributed by atoms with Crippen LogP contribution < -0.4 is 0 Å². The van der Waals surface area contributed by atoms with Gasteiger partial charge in [-0.15, -0.1) is 11.8 Å². The summed E-state index contributed by atoms with van der Waals surface area (Å²) in [6.07, 6.45) is 0.129. The summed E-state index contributed by atoms with van der Waals surface area (Å²) >= 11 is 1.56. The van der Waals surface area contributed by atoms with Crippen molar-refractivity contribution in [3.8, 4) is 11.5 Å². The Hall–Kier alpha value is -2.62. The molecule has 134 valence electrons. The summed E-state index contributed by atoms with van der Waals surface area (Å²) in [5.74, 6) is 1.27. The highest BCUT2D eigenvalue weighted by atomic mass is 32.2.